The van der Waals surface area contributed by atoms with Gasteiger partial charge in [-0.15, -0.1) is 0 Å². The smallest absolute Gasteiger partial charge is 0.265 e. The summed E-state index contributed by atoms with van der Waals surface area (Å²) in [6, 6.07) is 13.0. The molecular weight excluding hydrogens is 424 g/mol. The van der Waals surface area contributed by atoms with Crippen molar-refractivity contribution in [2.24, 2.45) is 5.92 Å². The van der Waals surface area contributed by atoms with Gasteiger partial charge < -0.3 is 14.8 Å². The van der Waals surface area contributed by atoms with Crippen molar-refractivity contribution in [3.63, 3.8) is 0 Å². The summed E-state index contributed by atoms with van der Waals surface area (Å²) in [6.07, 6.45) is 2.52. The molecule has 0 saturated heterocycles. The van der Waals surface area contributed by atoms with Crippen LogP contribution in [-0.2, 0) is 20.9 Å². The highest BCUT2D eigenvalue weighted by Crippen LogP contribution is 2.34. The van der Waals surface area contributed by atoms with Crippen molar-refractivity contribution in [1.82, 2.24) is 0 Å². The van der Waals surface area contributed by atoms with E-state index in [1.807, 2.05) is 30.3 Å². The Balaban J connectivity index is 1.38. The molecule has 2 aliphatic rings. The predicted octanol–water partition coefficient (Wildman–Crippen LogP) is 3.74. The van der Waals surface area contributed by atoms with Crippen LogP contribution in [0.3, 0.4) is 0 Å². The molecule has 0 radical (unpaired) electrons. The Morgan fingerprint density at radius 1 is 1.25 bits per heavy atom. The Morgan fingerprint density at radius 3 is 2.93 bits per heavy atom. The second-order valence-electron chi connectivity index (χ2n) is 7.09. The summed E-state index contributed by atoms with van der Waals surface area (Å²) >= 11 is 3.38. The van der Waals surface area contributed by atoms with Gasteiger partial charge in [0.1, 0.15) is 12.3 Å². The van der Waals surface area contributed by atoms with E-state index in [0.717, 1.165) is 22.6 Å². The number of rotatable bonds is 7. The van der Waals surface area contributed by atoms with Gasteiger partial charge in [-0.05, 0) is 54.7 Å². The standard InChI is InChI=1S/C21H21BrN2O4/c22-16-6-7-18-19(9-16)28-13-21(26)24(18)10-20(25)23-17-3-1-2-15(8-17)12-27-11-14-4-5-14/h1-3,6-9,14H,4-5,10-13H2,(H,23,25). The fourth-order valence-corrected chi connectivity index (χ4v) is 3.40. The molecule has 1 N–H and O–H groups in total. The van der Waals surface area contributed by atoms with Gasteiger partial charge in [0, 0.05) is 16.8 Å². The third kappa shape index (κ3) is 4.72. The molecule has 6 nitrogen and oxygen atoms in total. The van der Waals surface area contributed by atoms with Crippen LogP contribution in [0.2, 0.25) is 0 Å². The Kier molecular flexibility index (Phi) is 5.64. The van der Waals surface area contributed by atoms with Crippen LogP contribution in [0.5, 0.6) is 5.75 Å². The summed E-state index contributed by atoms with van der Waals surface area (Å²) in [7, 11) is 0. The zero-order valence-electron chi connectivity index (χ0n) is 15.3. The topological polar surface area (TPSA) is 67.9 Å². The van der Waals surface area contributed by atoms with Gasteiger partial charge in [0.15, 0.2) is 6.61 Å². The third-order valence-corrected chi connectivity index (χ3v) is 5.19. The van der Waals surface area contributed by atoms with Crippen molar-refractivity contribution >= 4 is 39.1 Å². The molecule has 0 spiro atoms. The number of hydrogen-bond donors (Lipinski definition) is 1. The van der Waals surface area contributed by atoms with Crippen LogP contribution in [0.25, 0.3) is 0 Å². The van der Waals surface area contributed by atoms with Gasteiger partial charge in [-0.25, -0.2) is 0 Å². The van der Waals surface area contributed by atoms with Crippen LogP contribution in [0.15, 0.2) is 46.9 Å². The normalized spacial score (nSPS) is 15.8. The molecule has 2 amide bonds. The van der Waals surface area contributed by atoms with Crippen LogP contribution in [0, 0.1) is 5.92 Å². The number of halogens is 1. The quantitative estimate of drug-likeness (QED) is 0.705. The molecule has 2 aromatic rings. The number of carbonyl (C=O) groups excluding carboxylic acids is 2. The molecule has 7 heteroatoms. The van der Waals surface area contributed by atoms with E-state index in [2.05, 4.69) is 21.2 Å². The minimum Gasteiger partial charge on any atom is -0.482 e. The molecule has 146 valence electrons. The van der Waals surface area contributed by atoms with Crippen molar-refractivity contribution in [3.05, 3.63) is 52.5 Å². The lowest BCUT2D eigenvalue weighted by molar-refractivity contribution is -0.123. The average Bonchev–Trinajstić information content (AvgIpc) is 3.49. The first-order chi connectivity index (χ1) is 13.6. The second kappa shape index (κ2) is 8.32. The molecule has 4 rings (SSSR count). The third-order valence-electron chi connectivity index (χ3n) is 4.70. The van der Waals surface area contributed by atoms with E-state index >= 15 is 0 Å². The highest BCUT2D eigenvalue weighted by atomic mass is 79.9. The number of anilines is 2. The largest absolute Gasteiger partial charge is 0.482 e. The number of fused-ring (bicyclic) bond motifs is 1. The molecule has 1 heterocycles. The maximum atomic E-state index is 12.5. The minimum atomic E-state index is -0.264. The maximum Gasteiger partial charge on any atom is 0.265 e. The molecule has 0 atom stereocenters. The first-order valence-electron chi connectivity index (χ1n) is 9.28. The molecule has 28 heavy (non-hydrogen) atoms. The molecule has 0 aromatic heterocycles. The SMILES string of the molecule is O=C(CN1C(=O)COc2cc(Br)ccc21)Nc1cccc(COCC2CC2)c1. The molecule has 0 bridgehead atoms. The minimum absolute atomic E-state index is 0.0702. The number of carbonyl (C=O) groups is 2. The summed E-state index contributed by atoms with van der Waals surface area (Å²) in [6.45, 7) is 1.18. The van der Waals surface area contributed by atoms with Crippen molar-refractivity contribution in [2.75, 3.05) is 30.0 Å². The fraction of sp³-hybridized carbons (Fsp3) is 0.333. The van der Waals surface area contributed by atoms with Crippen LogP contribution < -0.4 is 15.0 Å². The number of ether oxygens (including phenoxy) is 2. The summed E-state index contributed by atoms with van der Waals surface area (Å²) in [4.78, 5) is 26.2. The van der Waals surface area contributed by atoms with Gasteiger partial charge in [0.05, 0.1) is 12.3 Å². The number of benzene rings is 2. The van der Waals surface area contributed by atoms with E-state index in [-0.39, 0.29) is 25.0 Å². The molecule has 0 unspecified atom stereocenters. The van der Waals surface area contributed by atoms with Crippen molar-refractivity contribution in [2.45, 2.75) is 19.4 Å². The van der Waals surface area contributed by atoms with E-state index in [0.29, 0.717) is 23.7 Å². The number of hydrogen-bond acceptors (Lipinski definition) is 4. The van der Waals surface area contributed by atoms with Crippen molar-refractivity contribution in [1.29, 1.82) is 0 Å². The second-order valence-corrected chi connectivity index (χ2v) is 8.00. The Labute approximate surface area is 171 Å². The van der Waals surface area contributed by atoms with Gasteiger partial charge >= 0.3 is 0 Å². The van der Waals surface area contributed by atoms with E-state index in [1.54, 1.807) is 12.1 Å². The predicted molar refractivity (Wildman–Crippen MR) is 109 cm³/mol. The van der Waals surface area contributed by atoms with Gasteiger partial charge in [-0.1, -0.05) is 28.1 Å². The Bertz CT molecular complexity index is 898. The zero-order valence-corrected chi connectivity index (χ0v) is 16.9. The van der Waals surface area contributed by atoms with Gasteiger partial charge in [-0.3, -0.25) is 14.5 Å². The van der Waals surface area contributed by atoms with E-state index in [9.17, 15) is 9.59 Å². The monoisotopic (exact) mass is 444 g/mol. The van der Waals surface area contributed by atoms with E-state index in [4.69, 9.17) is 9.47 Å². The summed E-state index contributed by atoms with van der Waals surface area (Å²) in [5, 5.41) is 2.87. The number of nitrogens with zero attached hydrogens (tertiary/aromatic N) is 1. The summed E-state index contributed by atoms with van der Waals surface area (Å²) < 4.78 is 12.0. The van der Waals surface area contributed by atoms with Crippen molar-refractivity contribution in [3.8, 4) is 5.75 Å². The molecule has 1 aliphatic heterocycles. The lowest BCUT2D eigenvalue weighted by atomic mass is 10.2. The highest BCUT2D eigenvalue weighted by molar-refractivity contribution is 9.10. The fourth-order valence-electron chi connectivity index (χ4n) is 3.06. The summed E-state index contributed by atoms with van der Waals surface area (Å²) in [5.74, 6) is 0.793. The molecule has 1 saturated carbocycles. The Hall–Kier alpha value is -2.38. The lowest BCUT2D eigenvalue weighted by Gasteiger charge is -2.29. The summed E-state index contributed by atoms with van der Waals surface area (Å²) in [5.41, 5.74) is 2.29. The van der Waals surface area contributed by atoms with Crippen molar-refractivity contribution < 1.29 is 19.1 Å². The van der Waals surface area contributed by atoms with Gasteiger partial charge in [-0.2, -0.15) is 0 Å². The van der Waals surface area contributed by atoms with Gasteiger partial charge in [0.25, 0.3) is 5.91 Å². The van der Waals surface area contributed by atoms with Crippen LogP contribution in [-0.4, -0.2) is 31.6 Å². The van der Waals surface area contributed by atoms with Crippen LogP contribution in [0.4, 0.5) is 11.4 Å². The van der Waals surface area contributed by atoms with Gasteiger partial charge in [0.2, 0.25) is 5.91 Å². The lowest BCUT2D eigenvalue weighted by Crippen LogP contribution is -2.43. The van der Waals surface area contributed by atoms with E-state index < -0.39 is 0 Å². The average molecular weight is 445 g/mol. The van der Waals surface area contributed by atoms with Crippen LogP contribution in [0.1, 0.15) is 18.4 Å². The number of amides is 2. The first kappa shape index (κ1) is 19.0. The molecular formula is C21H21BrN2O4. The Morgan fingerprint density at radius 2 is 2.11 bits per heavy atom. The molecule has 1 fully saturated rings. The maximum absolute atomic E-state index is 12.5. The first-order valence-corrected chi connectivity index (χ1v) is 10.1. The van der Waals surface area contributed by atoms with E-state index in [1.165, 1.54) is 17.7 Å². The number of nitrogens with one attached hydrogen (secondary N) is 1. The van der Waals surface area contributed by atoms with Crippen LogP contribution >= 0.6 is 15.9 Å². The molecule has 1 aliphatic carbocycles. The molecule has 2 aromatic carbocycles. The zero-order chi connectivity index (χ0) is 19.5. The highest BCUT2D eigenvalue weighted by Gasteiger charge is 2.27.